The van der Waals surface area contributed by atoms with Gasteiger partial charge in [-0.1, -0.05) is 53.5 Å². The first kappa shape index (κ1) is 15.2. The molecule has 2 heterocycles. The van der Waals surface area contributed by atoms with Crippen molar-refractivity contribution in [3.05, 3.63) is 58.3 Å². The molecule has 0 spiro atoms. The van der Waals surface area contributed by atoms with Crippen LogP contribution in [0.2, 0.25) is 10.3 Å². The monoisotopic (exact) mass is 338 g/mol. The van der Waals surface area contributed by atoms with E-state index < -0.39 is 0 Å². The summed E-state index contributed by atoms with van der Waals surface area (Å²) < 4.78 is 2.38. The largest absolute Gasteiger partial charge is 0.246 e. The lowest BCUT2D eigenvalue weighted by Gasteiger charge is -2.31. The average molecular weight is 339 g/mol. The summed E-state index contributed by atoms with van der Waals surface area (Å²) in [6.07, 6.45) is 2.37. The van der Waals surface area contributed by atoms with Crippen molar-refractivity contribution >= 4 is 35.1 Å². The fourth-order valence-corrected chi connectivity index (χ4v) is 4.26. The van der Waals surface area contributed by atoms with Crippen molar-refractivity contribution in [3.63, 3.8) is 0 Å². The Hall–Kier alpha value is -0.740. The molecule has 0 bridgehead atoms. The summed E-state index contributed by atoms with van der Waals surface area (Å²) in [5.74, 6) is 0.674. The smallest absolute Gasteiger partial charge is 0.131 e. The molecule has 0 aliphatic carbocycles. The van der Waals surface area contributed by atoms with Gasteiger partial charge in [0, 0.05) is 18.0 Å². The predicted octanol–water partition coefficient (Wildman–Crippen LogP) is 5.28. The van der Waals surface area contributed by atoms with Gasteiger partial charge in [-0.15, -0.1) is 0 Å². The molecule has 1 aromatic carbocycles. The molecule has 1 aliphatic rings. The highest BCUT2D eigenvalue weighted by molar-refractivity contribution is 7.97. The second kappa shape index (κ2) is 7.01. The highest BCUT2D eigenvalue weighted by atomic mass is 35.5. The number of hydrogen-bond acceptors (Lipinski definition) is 3. The van der Waals surface area contributed by atoms with Gasteiger partial charge in [0.2, 0.25) is 0 Å². The van der Waals surface area contributed by atoms with Crippen molar-refractivity contribution in [3.8, 4) is 0 Å². The topological polar surface area (TPSA) is 16.1 Å². The fourth-order valence-electron chi connectivity index (χ4n) is 2.65. The standard InChI is InChI=1S/C16H16Cl2N2S/c17-15-10-14(11-16(18)19-15)21-20-8-6-13(7-9-20)12-4-2-1-3-5-12/h1-5,10-11,13H,6-9H2. The van der Waals surface area contributed by atoms with E-state index in [9.17, 15) is 0 Å². The highest BCUT2D eigenvalue weighted by Gasteiger charge is 2.21. The molecule has 0 N–H and O–H groups in total. The van der Waals surface area contributed by atoms with Gasteiger partial charge in [-0.3, -0.25) is 0 Å². The van der Waals surface area contributed by atoms with Gasteiger partial charge in [-0.05, 0) is 48.4 Å². The van der Waals surface area contributed by atoms with E-state index in [-0.39, 0.29) is 0 Å². The molecule has 0 amide bonds. The molecular formula is C16H16Cl2N2S. The maximum Gasteiger partial charge on any atom is 0.131 e. The molecule has 21 heavy (non-hydrogen) atoms. The van der Waals surface area contributed by atoms with Crippen molar-refractivity contribution in [2.24, 2.45) is 0 Å². The maximum atomic E-state index is 5.94. The summed E-state index contributed by atoms with van der Waals surface area (Å²) in [5, 5.41) is 0.897. The lowest BCUT2D eigenvalue weighted by Crippen LogP contribution is -2.27. The second-order valence-electron chi connectivity index (χ2n) is 5.15. The van der Waals surface area contributed by atoms with Gasteiger partial charge in [-0.2, -0.15) is 0 Å². The Labute approximate surface area is 139 Å². The number of nitrogens with zero attached hydrogens (tertiary/aromatic N) is 2. The third-order valence-electron chi connectivity index (χ3n) is 3.70. The molecule has 1 saturated heterocycles. The zero-order valence-electron chi connectivity index (χ0n) is 11.5. The number of piperidine rings is 1. The molecule has 0 atom stereocenters. The van der Waals surface area contributed by atoms with Gasteiger partial charge in [0.25, 0.3) is 0 Å². The van der Waals surface area contributed by atoms with Gasteiger partial charge in [0.1, 0.15) is 10.3 Å². The SMILES string of the molecule is Clc1cc(SN2CCC(c3ccccc3)CC2)cc(Cl)n1. The van der Waals surface area contributed by atoms with Gasteiger partial charge in [0.15, 0.2) is 0 Å². The first-order valence-electron chi connectivity index (χ1n) is 7.01. The van der Waals surface area contributed by atoms with Gasteiger partial charge < -0.3 is 0 Å². The maximum absolute atomic E-state index is 5.94. The number of rotatable bonds is 3. The number of aromatic nitrogens is 1. The molecule has 0 unspecified atom stereocenters. The third kappa shape index (κ3) is 4.13. The van der Waals surface area contributed by atoms with E-state index in [1.54, 1.807) is 11.9 Å². The average Bonchev–Trinajstić information content (AvgIpc) is 2.48. The van der Waals surface area contributed by atoms with E-state index >= 15 is 0 Å². The third-order valence-corrected chi connectivity index (χ3v) is 5.15. The van der Waals surface area contributed by atoms with Gasteiger partial charge in [0.05, 0.1) is 0 Å². The molecule has 3 rings (SSSR count). The van der Waals surface area contributed by atoms with Gasteiger partial charge in [-0.25, -0.2) is 9.29 Å². The Morgan fingerprint density at radius 3 is 2.24 bits per heavy atom. The summed E-state index contributed by atoms with van der Waals surface area (Å²) in [4.78, 5) is 5.03. The molecule has 2 nitrogen and oxygen atoms in total. The Morgan fingerprint density at radius 1 is 1.00 bits per heavy atom. The Morgan fingerprint density at radius 2 is 1.62 bits per heavy atom. The van der Waals surface area contributed by atoms with E-state index in [2.05, 4.69) is 39.6 Å². The lowest BCUT2D eigenvalue weighted by atomic mass is 9.90. The molecular weight excluding hydrogens is 323 g/mol. The van der Waals surface area contributed by atoms with Crippen LogP contribution in [0.1, 0.15) is 24.3 Å². The molecule has 2 aromatic rings. The molecule has 110 valence electrons. The summed E-state index contributed by atoms with van der Waals surface area (Å²) >= 11 is 13.6. The molecule has 1 aromatic heterocycles. The molecule has 5 heteroatoms. The molecule has 1 fully saturated rings. The van der Waals surface area contributed by atoms with Crippen molar-refractivity contribution < 1.29 is 0 Å². The van der Waals surface area contributed by atoms with Crippen molar-refractivity contribution in [1.29, 1.82) is 0 Å². The number of hydrogen-bond donors (Lipinski definition) is 0. The van der Waals surface area contributed by atoms with Crippen LogP contribution in [0.4, 0.5) is 0 Å². The first-order chi connectivity index (χ1) is 10.2. The van der Waals surface area contributed by atoms with Crippen LogP contribution in [0.15, 0.2) is 47.4 Å². The van der Waals surface area contributed by atoms with Gasteiger partial charge >= 0.3 is 0 Å². The quantitative estimate of drug-likeness (QED) is 0.559. The zero-order chi connectivity index (χ0) is 14.7. The van der Waals surface area contributed by atoms with Crippen LogP contribution >= 0.6 is 35.1 Å². The van der Waals surface area contributed by atoms with Crippen LogP contribution in [0.5, 0.6) is 0 Å². The predicted molar refractivity (Wildman–Crippen MR) is 90.1 cm³/mol. The molecule has 0 saturated carbocycles. The van der Waals surface area contributed by atoms with E-state index in [1.807, 2.05) is 12.1 Å². The minimum atomic E-state index is 0.448. The van der Waals surface area contributed by atoms with Crippen molar-refractivity contribution in [2.45, 2.75) is 23.7 Å². The van der Waals surface area contributed by atoms with Crippen molar-refractivity contribution in [2.75, 3.05) is 13.1 Å². The number of pyridine rings is 1. The molecule has 1 aliphatic heterocycles. The zero-order valence-corrected chi connectivity index (χ0v) is 13.8. The summed E-state index contributed by atoms with van der Waals surface area (Å²) in [7, 11) is 0. The van der Waals surface area contributed by atoms with E-state index in [0.29, 0.717) is 16.2 Å². The van der Waals surface area contributed by atoms with Crippen LogP contribution in [0.3, 0.4) is 0 Å². The fraction of sp³-hybridized carbons (Fsp3) is 0.312. The Kier molecular flexibility index (Phi) is 5.07. The summed E-state index contributed by atoms with van der Waals surface area (Å²) in [6, 6.07) is 14.5. The Balaban J connectivity index is 1.58. The minimum absolute atomic E-state index is 0.448. The lowest BCUT2D eigenvalue weighted by molar-refractivity contribution is 0.346. The summed E-state index contributed by atoms with van der Waals surface area (Å²) in [5.41, 5.74) is 1.46. The second-order valence-corrected chi connectivity index (χ2v) is 7.10. The first-order valence-corrected chi connectivity index (χ1v) is 8.54. The van der Waals surface area contributed by atoms with Crippen LogP contribution in [0.25, 0.3) is 0 Å². The van der Waals surface area contributed by atoms with Crippen LogP contribution in [0, 0.1) is 0 Å². The number of benzene rings is 1. The van der Waals surface area contributed by atoms with Crippen molar-refractivity contribution in [1.82, 2.24) is 9.29 Å². The van der Waals surface area contributed by atoms with Crippen LogP contribution in [-0.2, 0) is 0 Å². The highest BCUT2D eigenvalue weighted by Crippen LogP contribution is 2.34. The number of halogens is 2. The minimum Gasteiger partial charge on any atom is -0.246 e. The van der Waals surface area contributed by atoms with E-state index in [4.69, 9.17) is 23.2 Å². The van der Waals surface area contributed by atoms with Crippen LogP contribution < -0.4 is 0 Å². The van der Waals surface area contributed by atoms with E-state index in [1.165, 1.54) is 18.4 Å². The summed E-state index contributed by atoms with van der Waals surface area (Å²) in [6.45, 7) is 2.14. The molecule has 0 radical (unpaired) electrons. The van der Waals surface area contributed by atoms with Crippen LogP contribution in [-0.4, -0.2) is 22.4 Å². The van der Waals surface area contributed by atoms with E-state index in [0.717, 1.165) is 18.0 Å². The normalized spacial score (nSPS) is 17.0. The Bertz CT molecular complexity index is 578.